The summed E-state index contributed by atoms with van der Waals surface area (Å²) in [4.78, 5) is 0. The van der Waals surface area contributed by atoms with Crippen LogP contribution >= 0.6 is 11.6 Å². The van der Waals surface area contributed by atoms with Gasteiger partial charge in [-0.3, -0.25) is 0 Å². The van der Waals surface area contributed by atoms with E-state index < -0.39 is 0 Å². The van der Waals surface area contributed by atoms with E-state index in [9.17, 15) is 4.39 Å². The molecule has 0 atom stereocenters. The van der Waals surface area contributed by atoms with Gasteiger partial charge in [0.05, 0.1) is 12.7 Å². The van der Waals surface area contributed by atoms with Gasteiger partial charge in [-0.25, -0.2) is 4.39 Å². The lowest BCUT2D eigenvalue weighted by Crippen LogP contribution is -2.52. The van der Waals surface area contributed by atoms with Gasteiger partial charge in [0.1, 0.15) is 5.82 Å². The molecule has 86 valence electrons. The Morgan fingerprint density at radius 1 is 1.50 bits per heavy atom. The molecule has 3 aliphatic rings. The molecule has 1 N–H and O–H groups in total. The molecule has 2 nitrogen and oxygen atoms in total. The average molecular weight is 242 g/mol. The van der Waals surface area contributed by atoms with Gasteiger partial charge in [-0.15, -0.1) is 0 Å². The first-order chi connectivity index (χ1) is 7.67. The summed E-state index contributed by atoms with van der Waals surface area (Å²) in [6.45, 7) is 1.46. The van der Waals surface area contributed by atoms with Crippen molar-refractivity contribution in [2.24, 2.45) is 0 Å². The van der Waals surface area contributed by atoms with Gasteiger partial charge >= 0.3 is 0 Å². The lowest BCUT2D eigenvalue weighted by molar-refractivity contribution is 0.119. The fourth-order valence-corrected chi connectivity index (χ4v) is 2.70. The van der Waals surface area contributed by atoms with Gasteiger partial charge in [-0.1, -0.05) is 17.7 Å². The number of rotatable bonds is 3. The standard InChI is InChI=1S/C12H13ClFNO/c13-11-3-9(14)2-1-8(11)6-15-12-4-10(5-12)16-7-12/h1-3,10,15H,4-7H2. The van der Waals surface area contributed by atoms with Gasteiger partial charge in [0.15, 0.2) is 0 Å². The second kappa shape index (κ2) is 3.69. The quantitative estimate of drug-likeness (QED) is 0.878. The minimum atomic E-state index is -0.292. The molecule has 3 fully saturated rings. The SMILES string of the molecule is Fc1ccc(CNC23COC(C2)C3)c(Cl)c1. The molecule has 16 heavy (non-hydrogen) atoms. The minimum absolute atomic E-state index is 0.155. The van der Waals surface area contributed by atoms with E-state index in [0.717, 1.165) is 25.0 Å². The minimum Gasteiger partial charge on any atom is -0.376 e. The number of benzene rings is 1. The van der Waals surface area contributed by atoms with Crippen molar-refractivity contribution in [3.63, 3.8) is 0 Å². The van der Waals surface area contributed by atoms with Crippen LogP contribution in [0.3, 0.4) is 0 Å². The topological polar surface area (TPSA) is 21.3 Å². The maximum absolute atomic E-state index is 12.8. The number of hydrogen-bond donors (Lipinski definition) is 1. The maximum atomic E-state index is 12.8. The molecule has 2 bridgehead atoms. The third-order valence-electron chi connectivity index (χ3n) is 3.50. The van der Waals surface area contributed by atoms with Gasteiger partial charge < -0.3 is 10.1 Å². The molecule has 0 amide bonds. The zero-order valence-electron chi connectivity index (χ0n) is 8.80. The van der Waals surface area contributed by atoms with Crippen LogP contribution < -0.4 is 5.32 Å². The van der Waals surface area contributed by atoms with Crippen LogP contribution in [0, 0.1) is 5.82 Å². The summed E-state index contributed by atoms with van der Waals surface area (Å²) in [5, 5.41) is 3.95. The second-order valence-electron chi connectivity index (χ2n) is 4.71. The summed E-state index contributed by atoms with van der Waals surface area (Å²) in [6, 6.07) is 4.52. The van der Waals surface area contributed by atoms with Crippen molar-refractivity contribution in [3.8, 4) is 0 Å². The van der Waals surface area contributed by atoms with Gasteiger partial charge in [-0.2, -0.15) is 0 Å². The monoisotopic (exact) mass is 241 g/mol. The van der Waals surface area contributed by atoms with Crippen molar-refractivity contribution >= 4 is 11.6 Å². The Labute approximate surface area is 98.7 Å². The molecule has 2 aliphatic heterocycles. The van der Waals surface area contributed by atoms with Crippen LogP contribution in [0.1, 0.15) is 18.4 Å². The van der Waals surface area contributed by atoms with Crippen LogP contribution in [0.4, 0.5) is 4.39 Å². The van der Waals surface area contributed by atoms with E-state index >= 15 is 0 Å². The van der Waals surface area contributed by atoms with Crippen LogP contribution in [0.25, 0.3) is 0 Å². The lowest BCUT2D eigenvalue weighted by atomic mass is 9.78. The molecule has 1 aromatic rings. The molecule has 0 radical (unpaired) electrons. The van der Waals surface area contributed by atoms with E-state index in [1.807, 2.05) is 0 Å². The average Bonchev–Trinajstić information content (AvgIpc) is 2.75. The first-order valence-corrected chi connectivity index (χ1v) is 5.85. The Morgan fingerprint density at radius 2 is 2.31 bits per heavy atom. The van der Waals surface area contributed by atoms with Crippen LogP contribution in [0.15, 0.2) is 18.2 Å². The highest BCUT2D eigenvalue weighted by Crippen LogP contribution is 2.42. The highest BCUT2D eigenvalue weighted by atomic mass is 35.5. The predicted octanol–water partition coefficient (Wildman–Crippen LogP) is 2.50. The van der Waals surface area contributed by atoms with Crippen LogP contribution in [-0.2, 0) is 11.3 Å². The van der Waals surface area contributed by atoms with E-state index in [4.69, 9.17) is 16.3 Å². The van der Waals surface area contributed by atoms with Gasteiger partial charge in [-0.05, 0) is 30.5 Å². The van der Waals surface area contributed by atoms with Crippen molar-refractivity contribution in [1.29, 1.82) is 0 Å². The lowest BCUT2D eigenvalue weighted by Gasteiger charge is -2.36. The molecule has 4 heteroatoms. The molecular formula is C12H13ClFNO. The van der Waals surface area contributed by atoms with Crippen molar-refractivity contribution in [1.82, 2.24) is 5.32 Å². The Kier molecular flexibility index (Phi) is 2.42. The number of hydrogen-bond acceptors (Lipinski definition) is 2. The van der Waals surface area contributed by atoms with Crippen LogP contribution in [0.5, 0.6) is 0 Å². The molecule has 1 aromatic carbocycles. The number of fused-ring (bicyclic) bond motifs is 1. The third kappa shape index (κ3) is 1.73. The molecule has 1 saturated carbocycles. The molecule has 0 spiro atoms. The smallest absolute Gasteiger partial charge is 0.124 e. The maximum Gasteiger partial charge on any atom is 0.124 e. The van der Waals surface area contributed by atoms with Crippen molar-refractivity contribution in [3.05, 3.63) is 34.6 Å². The summed E-state index contributed by atoms with van der Waals surface area (Å²) in [6.07, 6.45) is 2.63. The Balaban J connectivity index is 1.66. The summed E-state index contributed by atoms with van der Waals surface area (Å²) in [5.74, 6) is -0.292. The van der Waals surface area contributed by atoms with E-state index in [1.165, 1.54) is 12.1 Å². The number of halogens is 2. The highest BCUT2D eigenvalue weighted by molar-refractivity contribution is 6.31. The Bertz CT molecular complexity index is 412. The highest BCUT2D eigenvalue weighted by Gasteiger charge is 2.51. The van der Waals surface area contributed by atoms with Crippen molar-refractivity contribution < 1.29 is 9.13 Å². The zero-order chi connectivity index (χ0) is 11.2. The summed E-state index contributed by atoms with van der Waals surface area (Å²) < 4.78 is 18.4. The summed E-state index contributed by atoms with van der Waals surface area (Å²) >= 11 is 5.96. The van der Waals surface area contributed by atoms with Crippen molar-refractivity contribution in [2.45, 2.75) is 31.0 Å². The molecule has 0 aromatic heterocycles. The first-order valence-electron chi connectivity index (χ1n) is 5.47. The normalized spacial score (nSPS) is 31.5. The van der Waals surface area contributed by atoms with Gasteiger partial charge in [0.25, 0.3) is 0 Å². The molecule has 4 rings (SSSR count). The van der Waals surface area contributed by atoms with E-state index in [-0.39, 0.29) is 11.4 Å². The fraction of sp³-hybridized carbons (Fsp3) is 0.500. The van der Waals surface area contributed by atoms with Crippen molar-refractivity contribution in [2.75, 3.05) is 6.61 Å². The van der Waals surface area contributed by atoms with Crippen LogP contribution in [0.2, 0.25) is 5.02 Å². The summed E-state index contributed by atoms with van der Waals surface area (Å²) in [5.41, 5.74) is 1.09. The van der Waals surface area contributed by atoms with E-state index in [2.05, 4.69) is 5.32 Å². The molecule has 1 aliphatic carbocycles. The predicted molar refractivity (Wildman–Crippen MR) is 60.0 cm³/mol. The second-order valence-corrected chi connectivity index (χ2v) is 5.12. The third-order valence-corrected chi connectivity index (χ3v) is 3.85. The molecule has 2 saturated heterocycles. The summed E-state index contributed by atoms with van der Waals surface area (Å²) in [7, 11) is 0. The van der Waals surface area contributed by atoms with Gasteiger partial charge in [0.2, 0.25) is 0 Å². The molecule has 2 heterocycles. The number of nitrogens with one attached hydrogen (secondary N) is 1. The van der Waals surface area contributed by atoms with E-state index in [1.54, 1.807) is 6.07 Å². The number of ether oxygens (including phenoxy) is 1. The van der Waals surface area contributed by atoms with Gasteiger partial charge in [0, 0.05) is 17.1 Å². The first kappa shape index (κ1) is 10.5. The Hall–Kier alpha value is -0.640. The fourth-order valence-electron chi connectivity index (χ4n) is 2.47. The molecule has 0 unspecified atom stereocenters. The Morgan fingerprint density at radius 3 is 2.94 bits per heavy atom. The largest absolute Gasteiger partial charge is 0.376 e. The zero-order valence-corrected chi connectivity index (χ0v) is 9.56. The molecular weight excluding hydrogens is 229 g/mol. The van der Waals surface area contributed by atoms with Crippen LogP contribution in [-0.4, -0.2) is 18.2 Å². The van der Waals surface area contributed by atoms with E-state index in [0.29, 0.717) is 17.7 Å².